The van der Waals surface area contributed by atoms with Gasteiger partial charge in [0.1, 0.15) is 32.0 Å². The first-order valence-electron chi connectivity index (χ1n) is 10.3. The molecule has 8 nitrogen and oxygen atoms in total. The summed E-state index contributed by atoms with van der Waals surface area (Å²) in [5, 5.41) is 1.72. The summed E-state index contributed by atoms with van der Waals surface area (Å²) in [6.07, 6.45) is 1.96. The molecule has 0 spiro atoms. The third-order valence-corrected chi connectivity index (χ3v) is 9.89. The second-order valence-corrected chi connectivity index (χ2v) is 11.3. The molecule has 0 saturated carbocycles. The van der Waals surface area contributed by atoms with Gasteiger partial charge >= 0.3 is 0 Å². The van der Waals surface area contributed by atoms with Crippen molar-refractivity contribution in [2.45, 2.75) is 43.0 Å². The molecule has 1 saturated heterocycles. The molecule has 1 amide bonds. The minimum atomic E-state index is -3.74. The van der Waals surface area contributed by atoms with Crippen molar-refractivity contribution in [1.82, 2.24) is 8.87 Å². The fourth-order valence-electron chi connectivity index (χ4n) is 3.97. The summed E-state index contributed by atoms with van der Waals surface area (Å²) in [5.41, 5.74) is 0.803. The van der Waals surface area contributed by atoms with Crippen LogP contribution in [0.3, 0.4) is 0 Å². The maximum atomic E-state index is 13.3. The third-order valence-electron chi connectivity index (χ3n) is 5.51. The number of hydrogen-bond acceptors (Lipinski definition) is 7. The lowest BCUT2D eigenvalue weighted by Gasteiger charge is -2.31. The first-order valence-corrected chi connectivity index (χ1v) is 13.4. The quantitative estimate of drug-likeness (QED) is 0.522. The number of thiophene rings is 1. The van der Waals surface area contributed by atoms with E-state index in [1.807, 2.05) is 23.6 Å². The fraction of sp³-hybridized carbons (Fsp3) is 0.429. The number of aryl methyl sites for hydroxylation is 1. The van der Waals surface area contributed by atoms with Crippen molar-refractivity contribution >= 4 is 48.8 Å². The van der Waals surface area contributed by atoms with Gasteiger partial charge in [0.25, 0.3) is 15.9 Å². The lowest BCUT2D eigenvalue weighted by Crippen LogP contribution is -2.47. The molecule has 1 aromatic carbocycles. The van der Waals surface area contributed by atoms with E-state index >= 15 is 0 Å². The Kier molecular flexibility index (Phi) is 6.70. The number of rotatable bonds is 6. The number of ether oxygens (including phenoxy) is 2. The SMILES string of the molecule is CCn1c(=NC(=O)C2CCCCN2S(=O)(=O)c2cccs2)sc2c(OC)ccc(OC)c21. The lowest BCUT2D eigenvalue weighted by atomic mass is 10.0. The molecule has 1 aliphatic rings. The van der Waals surface area contributed by atoms with Gasteiger partial charge < -0.3 is 14.0 Å². The van der Waals surface area contributed by atoms with Crippen molar-refractivity contribution < 1.29 is 22.7 Å². The maximum absolute atomic E-state index is 13.3. The molecule has 0 bridgehead atoms. The molecule has 0 radical (unpaired) electrons. The first-order chi connectivity index (χ1) is 15.4. The number of carbonyl (C=O) groups excluding carboxylic acids is 1. The number of carbonyl (C=O) groups is 1. The van der Waals surface area contributed by atoms with E-state index in [9.17, 15) is 13.2 Å². The zero-order valence-electron chi connectivity index (χ0n) is 18.1. The summed E-state index contributed by atoms with van der Waals surface area (Å²) < 4.78 is 41.6. The summed E-state index contributed by atoms with van der Waals surface area (Å²) in [7, 11) is -0.554. The lowest BCUT2D eigenvalue weighted by molar-refractivity contribution is -0.122. The van der Waals surface area contributed by atoms with E-state index in [0.29, 0.717) is 35.8 Å². The monoisotopic (exact) mass is 495 g/mol. The molecule has 0 aliphatic carbocycles. The van der Waals surface area contributed by atoms with Crippen LogP contribution in [0.5, 0.6) is 11.5 Å². The number of amides is 1. The van der Waals surface area contributed by atoms with Gasteiger partial charge in [-0.05, 0) is 43.3 Å². The van der Waals surface area contributed by atoms with Gasteiger partial charge in [-0.2, -0.15) is 9.30 Å². The Bertz CT molecular complexity index is 1290. The number of piperidine rings is 1. The van der Waals surface area contributed by atoms with Crippen LogP contribution in [0.4, 0.5) is 0 Å². The first kappa shape index (κ1) is 23.0. The Balaban J connectivity index is 1.80. The molecule has 2 aromatic heterocycles. The number of aromatic nitrogens is 1. The van der Waals surface area contributed by atoms with E-state index in [1.165, 1.54) is 15.6 Å². The van der Waals surface area contributed by atoms with E-state index in [0.717, 1.165) is 34.4 Å². The van der Waals surface area contributed by atoms with Crippen molar-refractivity contribution in [3.8, 4) is 11.5 Å². The summed E-state index contributed by atoms with van der Waals surface area (Å²) >= 11 is 2.49. The molecule has 1 fully saturated rings. The standard InChI is InChI=1S/C21H25N3O5S3/c1-4-23-18-15(28-2)10-11-16(29-3)19(18)31-21(23)22-20(25)14-8-5-6-12-24(14)32(26,27)17-9-7-13-30-17/h7,9-11,13-14H,4-6,8,12H2,1-3H3. The Labute approximate surface area is 194 Å². The highest BCUT2D eigenvalue weighted by molar-refractivity contribution is 7.91. The number of benzene rings is 1. The molecule has 1 aliphatic heterocycles. The van der Waals surface area contributed by atoms with Crippen LogP contribution >= 0.6 is 22.7 Å². The number of methoxy groups -OCH3 is 2. The van der Waals surface area contributed by atoms with E-state index in [4.69, 9.17) is 9.47 Å². The molecule has 172 valence electrons. The van der Waals surface area contributed by atoms with Gasteiger partial charge in [0.05, 0.1) is 14.2 Å². The average Bonchev–Trinajstić information content (AvgIpc) is 3.47. The van der Waals surface area contributed by atoms with E-state index < -0.39 is 22.0 Å². The summed E-state index contributed by atoms with van der Waals surface area (Å²) in [4.78, 5) is 18.2. The summed E-state index contributed by atoms with van der Waals surface area (Å²) in [5.74, 6) is 0.880. The number of hydrogen-bond donors (Lipinski definition) is 0. The summed E-state index contributed by atoms with van der Waals surface area (Å²) in [6, 6.07) is 6.10. The molecular formula is C21H25N3O5S3. The van der Waals surface area contributed by atoms with Crippen LogP contribution in [-0.4, -0.2) is 50.0 Å². The van der Waals surface area contributed by atoms with E-state index in [2.05, 4.69) is 4.99 Å². The molecule has 1 atom stereocenters. The zero-order valence-corrected chi connectivity index (χ0v) is 20.6. The predicted octanol–water partition coefficient (Wildman–Crippen LogP) is 3.47. The maximum Gasteiger partial charge on any atom is 0.266 e. The molecular weight excluding hydrogens is 470 g/mol. The molecule has 11 heteroatoms. The van der Waals surface area contributed by atoms with Gasteiger partial charge in [-0.1, -0.05) is 23.8 Å². The second-order valence-electron chi connectivity index (χ2n) is 7.29. The summed E-state index contributed by atoms with van der Waals surface area (Å²) in [6.45, 7) is 2.84. The molecule has 0 N–H and O–H groups in total. The van der Waals surface area contributed by atoms with Crippen molar-refractivity contribution in [1.29, 1.82) is 0 Å². The fourth-order valence-corrected chi connectivity index (χ4v) is 7.95. The van der Waals surface area contributed by atoms with Crippen LogP contribution in [0.2, 0.25) is 0 Å². The minimum absolute atomic E-state index is 0.247. The normalized spacial score (nSPS) is 18.2. The van der Waals surface area contributed by atoms with E-state index in [-0.39, 0.29) is 4.21 Å². The molecule has 3 aromatic rings. The Hall–Kier alpha value is -2.21. The molecule has 4 rings (SSSR count). The Morgan fingerprint density at radius 1 is 1.19 bits per heavy atom. The van der Waals surface area contributed by atoms with Gasteiger partial charge in [-0.25, -0.2) is 8.42 Å². The minimum Gasteiger partial charge on any atom is -0.495 e. The second kappa shape index (κ2) is 9.34. The average molecular weight is 496 g/mol. The predicted molar refractivity (Wildman–Crippen MR) is 125 cm³/mol. The van der Waals surface area contributed by atoms with Crippen molar-refractivity contribution in [3.63, 3.8) is 0 Å². The van der Waals surface area contributed by atoms with Gasteiger partial charge in [-0.3, -0.25) is 4.79 Å². The largest absolute Gasteiger partial charge is 0.495 e. The van der Waals surface area contributed by atoms with Crippen LogP contribution in [-0.2, 0) is 21.4 Å². The van der Waals surface area contributed by atoms with Gasteiger partial charge in [0.15, 0.2) is 4.80 Å². The highest BCUT2D eigenvalue weighted by Crippen LogP contribution is 2.35. The molecule has 1 unspecified atom stereocenters. The van der Waals surface area contributed by atoms with Crippen LogP contribution < -0.4 is 14.3 Å². The zero-order chi connectivity index (χ0) is 22.9. The molecule has 32 heavy (non-hydrogen) atoms. The van der Waals surface area contributed by atoms with Crippen LogP contribution in [0.25, 0.3) is 10.2 Å². The van der Waals surface area contributed by atoms with Crippen LogP contribution in [0.15, 0.2) is 38.8 Å². The highest BCUT2D eigenvalue weighted by Gasteiger charge is 2.38. The van der Waals surface area contributed by atoms with Crippen LogP contribution in [0.1, 0.15) is 26.2 Å². The van der Waals surface area contributed by atoms with Crippen molar-refractivity contribution in [2.75, 3.05) is 20.8 Å². The third kappa shape index (κ3) is 3.98. The number of thiazole rings is 1. The van der Waals surface area contributed by atoms with Gasteiger partial charge in [0.2, 0.25) is 0 Å². The number of sulfonamides is 1. The van der Waals surface area contributed by atoms with Crippen molar-refractivity contribution in [2.24, 2.45) is 4.99 Å². The Morgan fingerprint density at radius 2 is 1.94 bits per heavy atom. The van der Waals surface area contributed by atoms with E-state index in [1.54, 1.807) is 31.7 Å². The van der Waals surface area contributed by atoms with Crippen molar-refractivity contribution in [3.05, 3.63) is 34.4 Å². The topological polar surface area (TPSA) is 90.2 Å². The Morgan fingerprint density at radius 3 is 2.59 bits per heavy atom. The number of fused-ring (bicyclic) bond motifs is 1. The smallest absolute Gasteiger partial charge is 0.266 e. The molecule has 3 heterocycles. The van der Waals surface area contributed by atoms with Gasteiger partial charge in [0, 0.05) is 13.1 Å². The van der Waals surface area contributed by atoms with Crippen LogP contribution in [0, 0.1) is 0 Å². The van der Waals surface area contributed by atoms with Gasteiger partial charge in [-0.15, -0.1) is 11.3 Å². The highest BCUT2D eigenvalue weighted by atomic mass is 32.2. The number of nitrogens with zero attached hydrogens (tertiary/aromatic N) is 3.